The van der Waals surface area contributed by atoms with Gasteiger partial charge in [-0.1, -0.05) is 72.8 Å². The highest BCUT2D eigenvalue weighted by Gasteiger charge is 2.31. The van der Waals surface area contributed by atoms with Crippen molar-refractivity contribution >= 4 is 41.7 Å². The Kier molecular flexibility index (Phi) is 8.43. The lowest BCUT2D eigenvalue weighted by Gasteiger charge is -2.20. The van der Waals surface area contributed by atoms with Crippen LogP contribution < -0.4 is 30.3 Å². The molecule has 0 atom stereocenters. The summed E-state index contributed by atoms with van der Waals surface area (Å²) in [5.74, 6) is 0.574. The fourth-order valence-electron chi connectivity index (χ4n) is 4.80. The summed E-state index contributed by atoms with van der Waals surface area (Å²) in [6.07, 6.45) is 0. The van der Waals surface area contributed by atoms with Crippen LogP contribution in [0.4, 0.5) is 0 Å². The molecule has 0 fully saturated rings. The van der Waals surface area contributed by atoms with Gasteiger partial charge >= 0.3 is 14.7 Å². The van der Waals surface area contributed by atoms with Crippen molar-refractivity contribution in [3.05, 3.63) is 181 Å². The SMILES string of the molecule is O=C(c1ccc(OP(=O)(c2ccccc2)c2ccccc2)cc1)c1ccc(OP(=O)(c2ccccc2)c2ccccc2)cc1. The maximum Gasteiger partial charge on any atom is 0.306 e. The number of rotatable bonds is 10. The molecule has 0 saturated carbocycles. The van der Waals surface area contributed by atoms with Crippen LogP contribution in [0.3, 0.4) is 0 Å². The fourth-order valence-corrected chi connectivity index (χ4v) is 8.92. The van der Waals surface area contributed by atoms with Crippen molar-refractivity contribution in [3.8, 4) is 11.5 Å². The summed E-state index contributed by atoms with van der Waals surface area (Å²) in [6, 6.07) is 49.6. The van der Waals surface area contributed by atoms with Crippen LogP contribution in [-0.4, -0.2) is 5.78 Å². The minimum atomic E-state index is -3.43. The van der Waals surface area contributed by atoms with Crippen LogP contribution in [0.5, 0.6) is 11.5 Å². The molecule has 0 spiro atoms. The molecule has 0 aliphatic heterocycles. The van der Waals surface area contributed by atoms with Crippen molar-refractivity contribution < 1.29 is 23.0 Å². The van der Waals surface area contributed by atoms with Gasteiger partial charge in [-0.15, -0.1) is 0 Å². The number of ketones is 1. The molecule has 0 saturated heterocycles. The van der Waals surface area contributed by atoms with Crippen LogP contribution >= 0.6 is 14.7 Å². The van der Waals surface area contributed by atoms with E-state index in [1.165, 1.54) is 0 Å². The molecule has 6 aromatic rings. The summed E-state index contributed by atoms with van der Waals surface area (Å²) in [5, 5.41) is 2.32. The van der Waals surface area contributed by atoms with Crippen molar-refractivity contribution in [1.29, 1.82) is 0 Å². The molecular formula is C37H28O5P2. The molecule has 0 amide bonds. The molecule has 0 radical (unpaired) electrons. The molecule has 0 bridgehead atoms. The molecule has 0 aliphatic carbocycles. The van der Waals surface area contributed by atoms with Crippen LogP contribution in [0.15, 0.2) is 170 Å². The van der Waals surface area contributed by atoms with E-state index in [9.17, 15) is 13.9 Å². The van der Waals surface area contributed by atoms with Gasteiger partial charge in [0.05, 0.1) is 21.2 Å². The molecule has 0 aliphatic rings. The van der Waals surface area contributed by atoms with Crippen LogP contribution in [-0.2, 0) is 9.13 Å². The third-order valence-corrected chi connectivity index (χ3v) is 11.9. The van der Waals surface area contributed by atoms with Crippen molar-refractivity contribution in [2.75, 3.05) is 0 Å². The zero-order chi connectivity index (χ0) is 30.4. The number of carbonyl (C=O) groups is 1. The second kappa shape index (κ2) is 12.7. The van der Waals surface area contributed by atoms with Gasteiger partial charge in [0, 0.05) is 11.1 Å². The van der Waals surface area contributed by atoms with Crippen LogP contribution in [0.25, 0.3) is 0 Å². The third kappa shape index (κ3) is 6.07. The van der Waals surface area contributed by atoms with Gasteiger partial charge in [-0.05, 0) is 97.1 Å². The smallest absolute Gasteiger partial charge is 0.306 e. The van der Waals surface area contributed by atoms with E-state index in [1.54, 1.807) is 97.1 Å². The topological polar surface area (TPSA) is 69.7 Å². The molecule has 0 unspecified atom stereocenters. The summed E-state index contributed by atoms with van der Waals surface area (Å²) in [5.41, 5.74) is 0.888. The Morgan fingerprint density at radius 2 is 0.614 bits per heavy atom. The van der Waals surface area contributed by atoms with Gasteiger partial charge < -0.3 is 9.05 Å². The minimum Gasteiger partial charge on any atom is -0.437 e. The highest BCUT2D eigenvalue weighted by atomic mass is 31.2. The third-order valence-electron chi connectivity index (χ3n) is 7.09. The van der Waals surface area contributed by atoms with Crippen molar-refractivity contribution in [2.24, 2.45) is 0 Å². The molecule has 0 N–H and O–H groups in total. The summed E-state index contributed by atoms with van der Waals surface area (Å²) in [6.45, 7) is 0. The maximum atomic E-state index is 14.2. The van der Waals surface area contributed by atoms with Gasteiger partial charge in [0.15, 0.2) is 5.78 Å². The van der Waals surface area contributed by atoms with E-state index in [0.29, 0.717) is 43.8 Å². The van der Waals surface area contributed by atoms with E-state index in [4.69, 9.17) is 9.05 Å². The van der Waals surface area contributed by atoms with Gasteiger partial charge in [0.25, 0.3) is 0 Å². The second-order valence-corrected chi connectivity index (χ2v) is 14.6. The Morgan fingerprint density at radius 3 is 0.864 bits per heavy atom. The lowest BCUT2D eigenvalue weighted by Crippen LogP contribution is -2.20. The number of hydrogen-bond donors (Lipinski definition) is 0. The first-order valence-corrected chi connectivity index (χ1v) is 17.3. The van der Waals surface area contributed by atoms with Gasteiger partial charge in [-0.2, -0.15) is 0 Å². The van der Waals surface area contributed by atoms with E-state index in [1.807, 2.05) is 72.8 Å². The van der Waals surface area contributed by atoms with E-state index in [0.717, 1.165) is 0 Å². The number of carbonyl (C=O) groups excluding carboxylic acids is 1. The number of benzene rings is 6. The maximum absolute atomic E-state index is 14.2. The van der Waals surface area contributed by atoms with Crippen LogP contribution in [0.1, 0.15) is 15.9 Å². The molecule has 0 heterocycles. The second-order valence-electron chi connectivity index (χ2n) is 10.0. The summed E-state index contributed by atoms with van der Waals surface area (Å²) < 4.78 is 40.7. The zero-order valence-corrected chi connectivity index (χ0v) is 25.4. The average Bonchev–Trinajstić information content (AvgIpc) is 3.10. The molecule has 6 aromatic carbocycles. The van der Waals surface area contributed by atoms with E-state index in [2.05, 4.69) is 0 Å². The quantitative estimate of drug-likeness (QED) is 0.118. The minimum absolute atomic E-state index is 0.202. The van der Waals surface area contributed by atoms with Crippen LogP contribution in [0, 0.1) is 0 Å². The monoisotopic (exact) mass is 614 g/mol. The highest BCUT2D eigenvalue weighted by Crippen LogP contribution is 2.46. The van der Waals surface area contributed by atoms with Gasteiger partial charge in [0.2, 0.25) is 0 Å². The first-order valence-electron chi connectivity index (χ1n) is 14.0. The van der Waals surface area contributed by atoms with E-state index >= 15 is 0 Å². The molecule has 5 nitrogen and oxygen atoms in total. The van der Waals surface area contributed by atoms with Crippen LogP contribution in [0.2, 0.25) is 0 Å². The Bertz CT molecular complexity index is 1710. The number of hydrogen-bond acceptors (Lipinski definition) is 5. The molecule has 6 rings (SSSR count). The Balaban J connectivity index is 1.21. The molecule has 44 heavy (non-hydrogen) atoms. The first kappa shape index (κ1) is 29.1. The van der Waals surface area contributed by atoms with Gasteiger partial charge in [-0.3, -0.25) is 13.9 Å². The van der Waals surface area contributed by atoms with E-state index < -0.39 is 14.7 Å². The standard InChI is InChI=1S/C37H28O5P2/c38-37(29-21-25-31(26-22-29)41-43(39,33-13-5-1-6-14-33)34-15-7-2-8-16-34)30-23-27-32(28-24-30)42-44(40,35-17-9-3-10-18-35)36-19-11-4-12-20-36/h1-28H. The van der Waals surface area contributed by atoms with Crippen molar-refractivity contribution in [2.45, 2.75) is 0 Å². The Labute approximate surface area is 256 Å². The van der Waals surface area contributed by atoms with Gasteiger partial charge in [-0.25, -0.2) is 0 Å². The molecule has 216 valence electrons. The Hall–Kier alpha value is -4.95. The summed E-state index contributed by atoms with van der Waals surface area (Å²) in [7, 11) is -6.86. The normalized spacial score (nSPS) is 11.5. The lowest BCUT2D eigenvalue weighted by atomic mass is 10.0. The van der Waals surface area contributed by atoms with Crippen molar-refractivity contribution in [3.63, 3.8) is 0 Å². The largest absolute Gasteiger partial charge is 0.437 e. The fraction of sp³-hybridized carbons (Fsp3) is 0. The molecule has 0 aromatic heterocycles. The lowest BCUT2D eigenvalue weighted by molar-refractivity contribution is 0.103. The highest BCUT2D eigenvalue weighted by molar-refractivity contribution is 7.75. The summed E-state index contributed by atoms with van der Waals surface area (Å²) >= 11 is 0. The average molecular weight is 615 g/mol. The first-order chi connectivity index (χ1) is 21.5. The molecular weight excluding hydrogens is 586 g/mol. The molecule has 7 heteroatoms. The van der Waals surface area contributed by atoms with Gasteiger partial charge in [0.1, 0.15) is 11.5 Å². The predicted molar refractivity (Wildman–Crippen MR) is 177 cm³/mol. The summed E-state index contributed by atoms with van der Waals surface area (Å²) in [4.78, 5) is 13.3. The van der Waals surface area contributed by atoms with E-state index in [-0.39, 0.29) is 5.78 Å². The van der Waals surface area contributed by atoms with Crippen molar-refractivity contribution in [1.82, 2.24) is 0 Å². The Morgan fingerprint density at radius 1 is 0.364 bits per heavy atom. The zero-order valence-electron chi connectivity index (χ0n) is 23.6. The predicted octanol–water partition coefficient (Wildman–Crippen LogP) is 7.53.